The fourth-order valence-corrected chi connectivity index (χ4v) is 12.2. The second kappa shape index (κ2) is 14.9. The molecule has 0 N–H and O–H groups in total. The number of rotatable bonds is 6. The summed E-state index contributed by atoms with van der Waals surface area (Å²) in [5.74, 6) is 0. The quantitative estimate of drug-likeness (QED) is 0.163. The molecule has 0 radical (unpaired) electrons. The summed E-state index contributed by atoms with van der Waals surface area (Å²) in [6.45, 7) is 0. The lowest BCUT2D eigenvalue weighted by Gasteiger charge is -2.34. The molecule has 0 aliphatic heterocycles. The molecule has 0 atom stereocenters. The van der Waals surface area contributed by atoms with Crippen LogP contribution in [0.5, 0.6) is 0 Å². The van der Waals surface area contributed by atoms with Crippen LogP contribution in [0.15, 0.2) is 259 Å². The summed E-state index contributed by atoms with van der Waals surface area (Å²) in [5.41, 5.74) is 20.6. The average Bonchev–Trinajstić information content (AvgIpc) is 4.16. The highest BCUT2D eigenvalue weighted by Gasteiger charge is 2.46. The molecular formula is C67H42N2O. The fourth-order valence-electron chi connectivity index (χ4n) is 12.2. The highest BCUT2D eigenvalue weighted by atomic mass is 16.3. The summed E-state index contributed by atoms with van der Waals surface area (Å²) in [7, 11) is 0. The van der Waals surface area contributed by atoms with E-state index >= 15 is 0 Å². The van der Waals surface area contributed by atoms with Crippen LogP contribution in [0.4, 0.5) is 0 Å². The maximum Gasteiger partial charge on any atom is 0.136 e. The molecule has 3 nitrogen and oxygen atoms in total. The van der Waals surface area contributed by atoms with Crippen molar-refractivity contribution in [2.24, 2.45) is 0 Å². The molecular weight excluding hydrogens is 849 g/mol. The first-order chi connectivity index (χ1) is 34.7. The van der Waals surface area contributed by atoms with Crippen molar-refractivity contribution < 1.29 is 4.42 Å². The van der Waals surface area contributed by atoms with E-state index < -0.39 is 5.41 Å². The zero-order valence-electron chi connectivity index (χ0n) is 38.1. The van der Waals surface area contributed by atoms with E-state index in [0.717, 1.165) is 44.4 Å². The molecule has 15 rings (SSSR count). The molecule has 14 aromatic rings. The Morgan fingerprint density at radius 3 is 1.69 bits per heavy atom. The van der Waals surface area contributed by atoms with Crippen molar-refractivity contribution in [2.75, 3.05) is 0 Å². The monoisotopic (exact) mass is 890 g/mol. The second-order valence-corrected chi connectivity index (χ2v) is 18.8. The number of para-hydroxylation sites is 3. The Morgan fingerprint density at radius 1 is 0.286 bits per heavy atom. The Morgan fingerprint density at radius 2 is 0.857 bits per heavy atom. The van der Waals surface area contributed by atoms with Gasteiger partial charge in [0.2, 0.25) is 0 Å². The van der Waals surface area contributed by atoms with Gasteiger partial charge in [0.05, 0.1) is 27.5 Å². The number of aromatic nitrogens is 2. The Hall–Kier alpha value is -9.18. The van der Waals surface area contributed by atoms with Gasteiger partial charge in [0, 0.05) is 43.7 Å². The van der Waals surface area contributed by atoms with Crippen LogP contribution in [-0.2, 0) is 5.41 Å². The smallest absolute Gasteiger partial charge is 0.136 e. The lowest BCUT2D eigenvalue weighted by Crippen LogP contribution is -2.28. The summed E-state index contributed by atoms with van der Waals surface area (Å²) in [4.78, 5) is 0. The third kappa shape index (κ3) is 5.46. The molecule has 0 unspecified atom stereocenters. The molecule has 0 saturated heterocycles. The van der Waals surface area contributed by atoms with Crippen molar-refractivity contribution in [3.8, 4) is 44.8 Å². The Bertz CT molecular complexity index is 4360. The van der Waals surface area contributed by atoms with Gasteiger partial charge in [-0.05, 0) is 128 Å². The van der Waals surface area contributed by atoms with E-state index in [9.17, 15) is 0 Å². The number of furan rings is 1. The molecule has 3 heterocycles. The van der Waals surface area contributed by atoms with Crippen LogP contribution in [0.1, 0.15) is 22.3 Å². The van der Waals surface area contributed by atoms with Crippen molar-refractivity contribution in [3.05, 3.63) is 277 Å². The average molecular weight is 891 g/mol. The third-order valence-corrected chi connectivity index (χ3v) is 15.2. The van der Waals surface area contributed by atoms with Gasteiger partial charge in [-0.2, -0.15) is 0 Å². The zero-order valence-corrected chi connectivity index (χ0v) is 38.1. The van der Waals surface area contributed by atoms with E-state index in [1.807, 2.05) is 6.07 Å². The Balaban J connectivity index is 0.948. The largest absolute Gasteiger partial charge is 0.456 e. The van der Waals surface area contributed by atoms with E-state index in [1.165, 1.54) is 88.1 Å². The Kier molecular flexibility index (Phi) is 8.28. The fraction of sp³-hybridized carbons (Fsp3) is 0.0149. The number of hydrogen-bond donors (Lipinski definition) is 0. The summed E-state index contributed by atoms with van der Waals surface area (Å²) >= 11 is 0. The molecule has 3 aromatic heterocycles. The first kappa shape index (κ1) is 38.9. The van der Waals surface area contributed by atoms with Crippen LogP contribution in [0.3, 0.4) is 0 Å². The van der Waals surface area contributed by atoms with Crippen LogP contribution in [0.2, 0.25) is 0 Å². The molecule has 70 heavy (non-hydrogen) atoms. The van der Waals surface area contributed by atoms with E-state index in [1.54, 1.807) is 0 Å². The first-order valence-corrected chi connectivity index (χ1v) is 24.2. The lowest BCUT2D eigenvalue weighted by molar-refractivity contribution is 0.669. The van der Waals surface area contributed by atoms with Crippen molar-refractivity contribution in [3.63, 3.8) is 0 Å². The molecule has 3 heteroatoms. The molecule has 0 saturated carbocycles. The van der Waals surface area contributed by atoms with Crippen molar-refractivity contribution in [1.82, 2.24) is 9.13 Å². The molecule has 1 aliphatic carbocycles. The second-order valence-electron chi connectivity index (χ2n) is 18.8. The topological polar surface area (TPSA) is 23.0 Å². The predicted octanol–water partition coefficient (Wildman–Crippen LogP) is 17.5. The minimum absolute atomic E-state index is 0.500. The SMILES string of the molecule is c1ccc(-n2c3ccc(-c4ccc5c6ccccc6n(-c6cccc(-c7cccc8oc9ccccc9c78)c6)c5c4)cc3c3cc4c(cc32)C(c2ccccc2)(c2ccccc2)c2ccccc2-4)cc1. The molecule has 326 valence electrons. The minimum Gasteiger partial charge on any atom is -0.456 e. The Labute approximate surface area is 404 Å². The standard InChI is InChI=1S/C67H42N2O/c1-4-19-46(20-5-1)67(47-21-6-2-7-22-47)58-30-13-10-26-51(58)55-41-57-56-39-43(35-37-61(56)68(63(57)42-59(55)67)48-23-8-3-9-24-48)44-34-36-53-52-27-11-14-31-60(52)69(62(53)40-44)49-25-16-18-45(38-49)50-29-17-33-65-66(50)54-28-12-15-32-64(54)70-65/h1-42H. The predicted molar refractivity (Wildman–Crippen MR) is 291 cm³/mol. The molecule has 0 fully saturated rings. The zero-order chi connectivity index (χ0) is 45.9. The molecule has 0 spiro atoms. The molecule has 0 bridgehead atoms. The summed E-state index contributed by atoms with van der Waals surface area (Å²) in [6.07, 6.45) is 0. The minimum atomic E-state index is -0.500. The van der Waals surface area contributed by atoms with Crippen LogP contribution in [0, 0.1) is 0 Å². The lowest BCUT2D eigenvalue weighted by atomic mass is 9.67. The van der Waals surface area contributed by atoms with Gasteiger partial charge in [-0.3, -0.25) is 0 Å². The molecule has 1 aliphatic rings. The third-order valence-electron chi connectivity index (χ3n) is 15.2. The van der Waals surface area contributed by atoms with E-state index in [0.29, 0.717) is 0 Å². The summed E-state index contributed by atoms with van der Waals surface area (Å²) < 4.78 is 11.2. The van der Waals surface area contributed by atoms with Gasteiger partial charge < -0.3 is 13.6 Å². The number of nitrogens with zero attached hydrogens (tertiary/aromatic N) is 2. The van der Waals surface area contributed by atoms with Gasteiger partial charge in [0.1, 0.15) is 11.2 Å². The number of hydrogen-bond acceptors (Lipinski definition) is 1. The number of benzene rings is 11. The van der Waals surface area contributed by atoms with Crippen molar-refractivity contribution in [1.29, 1.82) is 0 Å². The maximum atomic E-state index is 6.33. The van der Waals surface area contributed by atoms with Gasteiger partial charge in [0.25, 0.3) is 0 Å². The van der Waals surface area contributed by atoms with Crippen LogP contribution in [-0.4, -0.2) is 9.13 Å². The van der Waals surface area contributed by atoms with Crippen LogP contribution < -0.4 is 0 Å². The summed E-state index contributed by atoms with van der Waals surface area (Å²) in [5, 5.41) is 7.19. The van der Waals surface area contributed by atoms with Gasteiger partial charge in [0.15, 0.2) is 0 Å². The van der Waals surface area contributed by atoms with Gasteiger partial charge in [-0.25, -0.2) is 0 Å². The normalized spacial score (nSPS) is 13.0. The highest BCUT2D eigenvalue weighted by Crippen LogP contribution is 2.57. The first-order valence-electron chi connectivity index (χ1n) is 24.2. The van der Waals surface area contributed by atoms with Crippen LogP contribution in [0.25, 0.3) is 110 Å². The van der Waals surface area contributed by atoms with Gasteiger partial charge >= 0.3 is 0 Å². The van der Waals surface area contributed by atoms with Crippen LogP contribution >= 0.6 is 0 Å². The van der Waals surface area contributed by atoms with Crippen molar-refractivity contribution in [2.45, 2.75) is 5.41 Å². The maximum absolute atomic E-state index is 6.33. The van der Waals surface area contributed by atoms with E-state index in [2.05, 4.69) is 258 Å². The van der Waals surface area contributed by atoms with Crippen molar-refractivity contribution >= 4 is 65.6 Å². The van der Waals surface area contributed by atoms with Gasteiger partial charge in [-0.1, -0.05) is 182 Å². The van der Waals surface area contributed by atoms with Gasteiger partial charge in [-0.15, -0.1) is 0 Å². The molecule has 0 amide bonds. The van der Waals surface area contributed by atoms with E-state index in [4.69, 9.17) is 4.42 Å². The highest BCUT2D eigenvalue weighted by molar-refractivity contribution is 6.15. The number of fused-ring (bicyclic) bond motifs is 12. The summed E-state index contributed by atoms with van der Waals surface area (Å²) in [6, 6.07) is 93.7. The molecule has 11 aromatic carbocycles. The van der Waals surface area contributed by atoms with E-state index in [-0.39, 0.29) is 0 Å².